The van der Waals surface area contributed by atoms with Gasteiger partial charge in [0.15, 0.2) is 11.0 Å². The number of H-pyrrole nitrogens is 1. The molecule has 2 N–H and O–H groups in total. The minimum Gasteiger partial charge on any atom is -0.376 e. The van der Waals surface area contributed by atoms with Gasteiger partial charge in [-0.2, -0.15) is 0 Å². The van der Waals surface area contributed by atoms with Crippen molar-refractivity contribution >= 4 is 28.6 Å². The topological polar surface area (TPSA) is 84.8 Å². The maximum atomic E-state index is 13.4. The molecule has 7 nitrogen and oxygen atoms in total. The Morgan fingerprint density at radius 3 is 2.88 bits per heavy atom. The zero-order valence-electron chi connectivity index (χ0n) is 18.7. The first-order chi connectivity index (χ1) is 16.7. The van der Waals surface area contributed by atoms with E-state index in [1.54, 1.807) is 12.1 Å². The number of aromatic amines is 1. The molecule has 176 valence electrons. The van der Waals surface area contributed by atoms with Gasteiger partial charge in [-0.3, -0.25) is 9.36 Å². The van der Waals surface area contributed by atoms with Crippen LogP contribution in [-0.2, 0) is 22.5 Å². The Bertz CT molecular complexity index is 1260. The summed E-state index contributed by atoms with van der Waals surface area (Å²) < 4.78 is 21.2. The molecule has 0 bridgehead atoms. The van der Waals surface area contributed by atoms with Gasteiger partial charge >= 0.3 is 0 Å². The van der Waals surface area contributed by atoms with Crippen LogP contribution in [0.1, 0.15) is 18.4 Å². The molecule has 9 heteroatoms. The Morgan fingerprint density at radius 1 is 1.21 bits per heavy atom. The van der Waals surface area contributed by atoms with Crippen LogP contribution in [0.3, 0.4) is 0 Å². The van der Waals surface area contributed by atoms with Gasteiger partial charge < -0.3 is 15.0 Å². The zero-order chi connectivity index (χ0) is 23.3. The van der Waals surface area contributed by atoms with Gasteiger partial charge in [0, 0.05) is 35.8 Å². The van der Waals surface area contributed by atoms with E-state index in [9.17, 15) is 9.18 Å². The van der Waals surface area contributed by atoms with Crippen molar-refractivity contribution in [2.45, 2.75) is 37.1 Å². The maximum absolute atomic E-state index is 13.4. The van der Waals surface area contributed by atoms with Crippen LogP contribution in [0, 0.1) is 5.82 Å². The fourth-order valence-electron chi connectivity index (χ4n) is 4.22. The number of hydrogen-bond acceptors (Lipinski definition) is 5. The lowest BCUT2D eigenvalue weighted by Crippen LogP contribution is -2.27. The van der Waals surface area contributed by atoms with E-state index in [1.807, 2.05) is 29.0 Å². The number of carbonyl (C=O) groups excluding carboxylic acids is 1. The summed E-state index contributed by atoms with van der Waals surface area (Å²) >= 11 is 1.35. The fourth-order valence-corrected chi connectivity index (χ4v) is 5.00. The minimum absolute atomic E-state index is 0.0557. The average molecular weight is 480 g/mol. The van der Waals surface area contributed by atoms with Crippen LogP contribution in [0.5, 0.6) is 0 Å². The molecule has 5 rings (SSSR count). The number of hydrogen-bond donors (Lipinski definition) is 2. The number of ether oxygens (including phenoxy) is 1. The molecule has 1 amide bonds. The molecule has 1 atom stereocenters. The maximum Gasteiger partial charge on any atom is 0.230 e. The van der Waals surface area contributed by atoms with Crippen molar-refractivity contribution in [1.29, 1.82) is 0 Å². The van der Waals surface area contributed by atoms with E-state index < -0.39 is 0 Å². The number of thioether (sulfide) groups is 1. The van der Waals surface area contributed by atoms with E-state index in [0.29, 0.717) is 24.1 Å². The predicted octanol–water partition coefficient (Wildman–Crippen LogP) is 4.20. The number of amides is 1. The molecule has 3 heterocycles. The van der Waals surface area contributed by atoms with E-state index in [-0.39, 0.29) is 23.6 Å². The Labute approximate surface area is 201 Å². The molecular formula is C25H26FN5O2S. The van der Waals surface area contributed by atoms with Crippen LogP contribution in [0.2, 0.25) is 0 Å². The van der Waals surface area contributed by atoms with E-state index >= 15 is 0 Å². The highest BCUT2D eigenvalue weighted by Gasteiger charge is 2.22. The van der Waals surface area contributed by atoms with Gasteiger partial charge in [0.2, 0.25) is 5.91 Å². The largest absolute Gasteiger partial charge is 0.376 e. The summed E-state index contributed by atoms with van der Waals surface area (Å²) in [5.41, 5.74) is 3.06. The summed E-state index contributed by atoms with van der Waals surface area (Å²) in [6.07, 6.45) is 4.83. The number of fused-ring (bicyclic) bond motifs is 1. The Kier molecular flexibility index (Phi) is 6.92. The van der Waals surface area contributed by atoms with Crippen molar-refractivity contribution in [3.05, 3.63) is 66.1 Å². The molecule has 2 aromatic carbocycles. The van der Waals surface area contributed by atoms with Crippen molar-refractivity contribution in [2.75, 3.05) is 18.9 Å². The number of halogens is 1. The third-order valence-electron chi connectivity index (χ3n) is 5.95. The summed E-state index contributed by atoms with van der Waals surface area (Å²) in [5, 5.41) is 13.5. The monoisotopic (exact) mass is 479 g/mol. The molecule has 0 spiro atoms. The number of para-hydroxylation sites is 1. The molecule has 1 aliphatic rings. The molecule has 1 fully saturated rings. The van der Waals surface area contributed by atoms with Crippen molar-refractivity contribution in [1.82, 2.24) is 25.1 Å². The number of nitrogens with zero attached hydrogens (tertiary/aromatic N) is 3. The second-order valence-electron chi connectivity index (χ2n) is 8.31. The highest BCUT2D eigenvalue weighted by molar-refractivity contribution is 7.99. The normalized spacial score (nSPS) is 15.7. The number of rotatable bonds is 9. The second-order valence-corrected chi connectivity index (χ2v) is 9.25. The molecule has 1 saturated heterocycles. The van der Waals surface area contributed by atoms with Gasteiger partial charge in [0.25, 0.3) is 0 Å². The zero-order valence-corrected chi connectivity index (χ0v) is 19.5. The second kappa shape index (κ2) is 10.4. The lowest BCUT2D eigenvalue weighted by atomic mass is 10.1. The van der Waals surface area contributed by atoms with Crippen LogP contribution in [0.25, 0.3) is 22.3 Å². The lowest BCUT2D eigenvalue weighted by Gasteiger charge is -2.14. The number of benzene rings is 2. The average Bonchev–Trinajstić information content (AvgIpc) is 3.60. The van der Waals surface area contributed by atoms with Crippen molar-refractivity contribution in [2.24, 2.45) is 0 Å². The van der Waals surface area contributed by atoms with Gasteiger partial charge in [-0.1, -0.05) is 30.0 Å². The quantitative estimate of drug-likeness (QED) is 0.352. The first kappa shape index (κ1) is 22.6. The molecule has 0 radical (unpaired) electrons. The SMILES string of the molecule is O=C(CSc1nnc(-c2ccc(F)cc2)n1C[C@@H]1CCCO1)NCCc1c[nH]c2ccccc12. The molecule has 1 aliphatic heterocycles. The van der Waals surface area contributed by atoms with E-state index in [4.69, 9.17) is 4.74 Å². The van der Waals surface area contributed by atoms with Crippen LogP contribution in [0.4, 0.5) is 4.39 Å². The first-order valence-corrected chi connectivity index (χ1v) is 12.4. The number of nitrogens with one attached hydrogen (secondary N) is 2. The summed E-state index contributed by atoms with van der Waals surface area (Å²) in [4.78, 5) is 15.8. The molecule has 2 aromatic heterocycles. The minimum atomic E-state index is -0.298. The molecular weight excluding hydrogens is 453 g/mol. The summed E-state index contributed by atoms with van der Waals surface area (Å²) in [5.74, 6) is 0.534. The molecule has 0 aliphatic carbocycles. The van der Waals surface area contributed by atoms with E-state index in [1.165, 1.54) is 34.8 Å². The van der Waals surface area contributed by atoms with E-state index in [0.717, 1.165) is 36.9 Å². The molecule has 0 saturated carbocycles. The van der Waals surface area contributed by atoms with Crippen LogP contribution < -0.4 is 5.32 Å². The lowest BCUT2D eigenvalue weighted by molar-refractivity contribution is -0.118. The highest BCUT2D eigenvalue weighted by atomic mass is 32.2. The summed E-state index contributed by atoms with van der Waals surface area (Å²) in [6.45, 7) is 1.91. The molecule has 4 aromatic rings. The third-order valence-corrected chi connectivity index (χ3v) is 6.92. The van der Waals surface area contributed by atoms with Crippen LogP contribution >= 0.6 is 11.8 Å². The number of carbonyl (C=O) groups is 1. The van der Waals surface area contributed by atoms with Gasteiger partial charge in [-0.25, -0.2) is 4.39 Å². The fraction of sp³-hybridized carbons (Fsp3) is 0.320. The first-order valence-electron chi connectivity index (χ1n) is 11.4. The van der Waals surface area contributed by atoms with Gasteiger partial charge in [0.1, 0.15) is 5.82 Å². The van der Waals surface area contributed by atoms with Crippen molar-refractivity contribution in [3.8, 4) is 11.4 Å². The van der Waals surface area contributed by atoms with Crippen LogP contribution in [0.15, 0.2) is 59.9 Å². The Hall–Kier alpha value is -3.17. The van der Waals surface area contributed by atoms with Gasteiger partial charge in [-0.05, 0) is 55.2 Å². The van der Waals surface area contributed by atoms with Crippen molar-refractivity contribution < 1.29 is 13.9 Å². The van der Waals surface area contributed by atoms with E-state index in [2.05, 4.69) is 26.6 Å². The smallest absolute Gasteiger partial charge is 0.230 e. The standard InChI is InChI=1S/C25H26FN5O2S/c26-19-9-7-17(8-10-19)24-29-30-25(31(24)15-20-4-3-13-33-20)34-16-23(32)27-12-11-18-14-28-22-6-2-1-5-21(18)22/h1-2,5-10,14,20,28H,3-4,11-13,15-16H2,(H,27,32)/t20-/m0/s1. The summed E-state index contributed by atoms with van der Waals surface area (Å²) in [7, 11) is 0. The van der Waals surface area contributed by atoms with Crippen molar-refractivity contribution in [3.63, 3.8) is 0 Å². The van der Waals surface area contributed by atoms with Crippen LogP contribution in [-0.4, -0.2) is 50.7 Å². The third kappa shape index (κ3) is 5.15. The summed E-state index contributed by atoms with van der Waals surface area (Å²) in [6, 6.07) is 14.3. The predicted molar refractivity (Wildman–Crippen MR) is 130 cm³/mol. The number of aromatic nitrogens is 4. The van der Waals surface area contributed by atoms with Gasteiger partial charge in [0.05, 0.1) is 18.4 Å². The Morgan fingerprint density at radius 2 is 2.06 bits per heavy atom. The Balaban J connectivity index is 1.21. The molecule has 0 unspecified atom stereocenters. The highest BCUT2D eigenvalue weighted by Crippen LogP contribution is 2.27. The molecule has 34 heavy (non-hydrogen) atoms. The van der Waals surface area contributed by atoms with Gasteiger partial charge in [-0.15, -0.1) is 10.2 Å².